The van der Waals surface area contributed by atoms with E-state index in [1.54, 1.807) is 0 Å². The molecule has 0 aliphatic carbocycles. The second-order valence-electron chi connectivity index (χ2n) is 4.75. The van der Waals surface area contributed by atoms with E-state index >= 15 is 0 Å². The van der Waals surface area contributed by atoms with Gasteiger partial charge >= 0.3 is 0 Å². The molecule has 0 radical (unpaired) electrons. The van der Waals surface area contributed by atoms with Crippen LogP contribution < -0.4 is 16.0 Å². The van der Waals surface area contributed by atoms with Crippen LogP contribution >= 0.6 is 47.0 Å². The Morgan fingerprint density at radius 2 is 1.87 bits per heavy atom. The van der Waals surface area contributed by atoms with Crippen LogP contribution in [-0.2, 0) is 4.79 Å². The average Bonchev–Trinajstić information content (AvgIpc) is 2.46. The maximum Gasteiger partial charge on any atom is 0.228 e. The number of nitrogens with one attached hydrogen (secondary N) is 3. The first-order valence-corrected chi connectivity index (χ1v) is 8.45. The Labute approximate surface area is 155 Å². The third-order valence-corrected chi connectivity index (χ3v) is 3.64. The summed E-state index contributed by atoms with van der Waals surface area (Å²) in [6.45, 7) is 1.97. The Hall–Kier alpha value is -0.820. The summed E-state index contributed by atoms with van der Waals surface area (Å²) in [6.07, 6.45) is 0.936. The Morgan fingerprint density at radius 3 is 2.39 bits per heavy atom. The Kier molecular flexibility index (Phi) is 8.33. The standard InChI is InChI=1S/C14H17Cl3FN3OS/c1-2-3-4-11(22)20-12(14(15,16)17)21-13(23)19-10-7-5-9(18)6-8-10/h5-8,12H,2-4H2,1H3,(H,20,22)(H2,19,21,23). The van der Waals surface area contributed by atoms with E-state index in [2.05, 4.69) is 16.0 Å². The maximum atomic E-state index is 12.9. The van der Waals surface area contributed by atoms with Gasteiger partial charge in [0.05, 0.1) is 0 Å². The number of anilines is 1. The second kappa shape index (κ2) is 9.47. The molecule has 0 saturated carbocycles. The highest BCUT2D eigenvalue weighted by Crippen LogP contribution is 2.29. The molecule has 1 unspecified atom stereocenters. The van der Waals surface area contributed by atoms with Crippen molar-refractivity contribution in [2.45, 2.75) is 36.1 Å². The lowest BCUT2D eigenvalue weighted by atomic mass is 10.2. The lowest BCUT2D eigenvalue weighted by molar-refractivity contribution is -0.122. The van der Waals surface area contributed by atoms with Crippen LogP contribution in [0.25, 0.3) is 0 Å². The summed E-state index contributed by atoms with van der Waals surface area (Å²) in [5.41, 5.74) is 0.560. The van der Waals surface area contributed by atoms with Gasteiger partial charge in [-0.3, -0.25) is 4.79 Å². The Balaban J connectivity index is 2.63. The quantitative estimate of drug-likeness (QED) is 0.382. The number of carbonyl (C=O) groups excluding carboxylic acids is 1. The fourth-order valence-corrected chi connectivity index (χ4v) is 2.16. The average molecular weight is 401 g/mol. The Bertz CT molecular complexity index is 537. The van der Waals surface area contributed by atoms with Gasteiger partial charge in [0.1, 0.15) is 12.0 Å². The van der Waals surface area contributed by atoms with E-state index in [0.717, 1.165) is 12.8 Å². The van der Waals surface area contributed by atoms with E-state index in [0.29, 0.717) is 12.1 Å². The molecule has 0 fully saturated rings. The van der Waals surface area contributed by atoms with Gasteiger partial charge in [0.15, 0.2) is 5.11 Å². The van der Waals surface area contributed by atoms with Crippen molar-refractivity contribution in [2.24, 2.45) is 0 Å². The number of halogens is 4. The molecule has 1 aromatic carbocycles. The number of alkyl halides is 3. The zero-order valence-corrected chi connectivity index (χ0v) is 15.4. The highest BCUT2D eigenvalue weighted by atomic mass is 35.6. The van der Waals surface area contributed by atoms with E-state index in [-0.39, 0.29) is 16.8 Å². The van der Waals surface area contributed by atoms with Gasteiger partial charge in [-0.2, -0.15) is 0 Å². The molecule has 1 amide bonds. The van der Waals surface area contributed by atoms with Gasteiger partial charge < -0.3 is 16.0 Å². The second-order valence-corrected chi connectivity index (χ2v) is 7.53. The molecular weight excluding hydrogens is 384 g/mol. The molecule has 23 heavy (non-hydrogen) atoms. The minimum absolute atomic E-state index is 0.128. The van der Waals surface area contributed by atoms with Crippen molar-refractivity contribution < 1.29 is 9.18 Å². The van der Waals surface area contributed by atoms with Crippen molar-refractivity contribution in [2.75, 3.05) is 5.32 Å². The third-order valence-electron chi connectivity index (χ3n) is 2.77. The molecule has 0 bridgehead atoms. The van der Waals surface area contributed by atoms with Crippen molar-refractivity contribution in [1.29, 1.82) is 0 Å². The van der Waals surface area contributed by atoms with Gasteiger partial charge in [-0.05, 0) is 42.9 Å². The molecule has 0 aliphatic heterocycles. The first-order chi connectivity index (χ1) is 10.7. The number of hydrogen-bond acceptors (Lipinski definition) is 2. The smallest absolute Gasteiger partial charge is 0.228 e. The zero-order chi connectivity index (χ0) is 17.5. The summed E-state index contributed by atoms with van der Waals surface area (Å²) in [5.74, 6) is -0.614. The molecule has 9 heteroatoms. The van der Waals surface area contributed by atoms with E-state index in [4.69, 9.17) is 47.0 Å². The summed E-state index contributed by atoms with van der Waals surface area (Å²) in [7, 11) is 0. The van der Waals surface area contributed by atoms with Gasteiger partial charge in [0, 0.05) is 12.1 Å². The molecule has 1 atom stereocenters. The summed E-state index contributed by atoms with van der Waals surface area (Å²) in [6, 6.07) is 5.58. The number of rotatable bonds is 6. The van der Waals surface area contributed by atoms with Gasteiger partial charge in [-0.25, -0.2) is 4.39 Å². The number of unbranched alkanes of at least 4 members (excludes halogenated alkanes) is 1. The van der Waals surface area contributed by atoms with E-state index < -0.39 is 9.96 Å². The molecule has 1 rings (SSSR count). The zero-order valence-electron chi connectivity index (χ0n) is 12.3. The van der Waals surface area contributed by atoms with Crippen LogP contribution in [0.5, 0.6) is 0 Å². The number of carbonyl (C=O) groups is 1. The van der Waals surface area contributed by atoms with Crippen LogP contribution in [0.15, 0.2) is 24.3 Å². The van der Waals surface area contributed by atoms with E-state index in [1.165, 1.54) is 24.3 Å². The fourth-order valence-electron chi connectivity index (χ4n) is 1.60. The molecular formula is C14H17Cl3FN3OS. The molecule has 0 aliphatic rings. The molecule has 0 heterocycles. The maximum absolute atomic E-state index is 12.9. The predicted molar refractivity (Wildman–Crippen MR) is 97.5 cm³/mol. The SMILES string of the molecule is CCCCC(=O)NC(NC(=S)Nc1ccc(F)cc1)C(Cl)(Cl)Cl. The number of amides is 1. The highest BCUT2D eigenvalue weighted by molar-refractivity contribution is 7.80. The summed E-state index contributed by atoms with van der Waals surface area (Å²) in [4.78, 5) is 11.8. The minimum Gasteiger partial charge on any atom is -0.339 e. The third kappa shape index (κ3) is 8.01. The molecule has 3 N–H and O–H groups in total. The van der Waals surface area contributed by atoms with Gasteiger partial charge in [-0.15, -0.1) is 0 Å². The molecule has 4 nitrogen and oxygen atoms in total. The van der Waals surface area contributed by atoms with Crippen LogP contribution in [0, 0.1) is 5.82 Å². The number of thiocarbonyl (C=S) groups is 1. The monoisotopic (exact) mass is 399 g/mol. The van der Waals surface area contributed by atoms with Crippen LogP contribution in [-0.4, -0.2) is 21.0 Å². The lowest BCUT2D eigenvalue weighted by Crippen LogP contribution is -2.56. The number of benzene rings is 1. The van der Waals surface area contributed by atoms with Crippen molar-refractivity contribution in [1.82, 2.24) is 10.6 Å². The van der Waals surface area contributed by atoms with Crippen LogP contribution in [0.2, 0.25) is 0 Å². The fraction of sp³-hybridized carbons (Fsp3) is 0.429. The van der Waals surface area contributed by atoms with E-state index in [1.807, 2.05) is 6.92 Å². The van der Waals surface area contributed by atoms with Gasteiger partial charge in [0.25, 0.3) is 0 Å². The van der Waals surface area contributed by atoms with Crippen LogP contribution in [0.1, 0.15) is 26.2 Å². The first kappa shape index (κ1) is 20.2. The van der Waals surface area contributed by atoms with Crippen molar-refractivity contribution in [3.63, 3.8) is 0 Å². The highest BCUT2D eigenvalue weighted by Gasteiger charge is 2.34. The summed E-state index contributed by atoms with van der Waals surface area (Å²) >= 11 is 22.7. The predicted octanol–water partition coefficient (Wildman–Crippen LogP) is 4.11. The van der Waals surface area contributed by atoms with Crippen molar-refractivity contribution >= 4 is 63.7 Å². The van der Waals surface area contributed by atoms with Crippen LogP contribution in [0.3, 0.4) is 0 Å². The van der Waals surface area contributed by atoms with Gasteiger partial charge in [0.2, 0.25) is 9.70 Å². The summed E-state index contributed by atoms with van der Waals surface area (Å²) in [5, 5.41) is 8.25. The normalized spacial score (nSPS) is 12.4. The Morgan fingerprint density at radius 1 is 1.26 bits per heavy atom. The topological polar surface area (TPSA) is 53.2 Å². The van der Waals surface area contributed by atoms with E-state index in [9.17, 15) is 9.18 Å². The summed E-state index contributed by atoms with van der Waals surface area (Å²) < 4.78 is 11.1. The minimum atomic E-state index is -1.80. The molecule has 128 valence electrons. The lowest BCUT2D eigenvalue weighted by Gasteiger charge is -2.27. The number of hydrogen-bond donors (Lipinski definition) is 3. The molecule has 0 saturated heterocycles. The molecule has 0 aromatic heterocycles. The van der Waals surface area contributed by atoms with Crippen molar-refractivity contribution in [3.8, 4) is 0 Å². The molecule has 0 spiro atoms. The largest absolute Gasteiger partial charge is 0.339 e. The van der Waals surface area contributed by atoms with Crippen LogP contribution in [0.4, 0.5) is 10.1 Å². The van der Waals surface area contributed by atoms with Crippen molar-refractivity contribution in [3.05, 3.63) is 30.1 Å². The molecule has 1 aromatic rings. The van der Waals surface area contributed by atoms with Gasteiger partial charge in [-0.1, -0.05) is 48.1 Å². The first-order valence-electron chi connectivity index (χ1n) is 6.91.